The van der Waals surface area contributed by atoms with Crippen LogP contribution in [0, 0.1) is 5.92 Å². The number of nitrogens with one attached hydrogen (secondary N) is 1. The second kappa shape index (κ2) is 11.7. The zero-order valence-corrected chi connectivity index (χ0v) is 24.9. The SMILES string of the molecule is O=C1NCC2Cc3ccccc3CN2C(=O)[C@@H]2CCO[C@H]2/C=C\CN(c2ccc(Cl)cc2)S(=O)(=O)c2ccc(Cl)c1c2. The quantitative estimate of drug-likeness (QED) is 0.390. The van der Waals surface area contributed by atoms with Crippen LogP contribution in [0.15, 0.2) is 83.8 Å². The van der Waals surface area contributed by atoms with E-state index >= 15 is 0 Å². The summed E-state index contributed by atoms with van der Waals surface area (Å²) < 4.78 is 35.1. The Labute approximate surface area is 254 Å². The zero-order valence-electron chi connectivity index (χ0n) is 22.6. The van der Waals surface area contributed by atoms with Gasteiger partial charge in [-0.05, 0) is 66.4 Å². The minimum Gasteiger partial charge on any atom is -0.373 e. The summed E-state index contributed by atoms with van der Waals surface area (Å²) in [4.78, 5) is 29.2. The summed E-state index contributed by atoms with van der Waals surface area (Å²) in [6.45, 7) is 0.994. The van der Waals surface area contributed by atoms with Gasteiger partial charge >= 0.3 is 0 Å². The number of rotatable bonds is 1. The molecule has 1 N–H and O–H groups in total. The number of hydrogen-bond acceptors (Lipinski definition) is 5. The number of hydrogen-bond donors (Lipinski definition) is 1. The van der Waals surface area contributed by atoms with Crippen molar-refractivity contribution in [1.29, 1.82) is 0 Å². The molecule has 0 aliphatic carbocycles. The third kappa shape index (κ3) is 5.54. The second-order valence-electron chi connectivity index (χ2n) is 10.6. The number of halogens is 2. The zero-order chi connectivity index (χ0) is 29.4. The van der Waals surface area contributed by atoms with Crippen molar-refractivity contribution in [3.63, 3.8) is 0 Å². The van der Waals surface area contributed by atoms with Crippen LogP contribution in [-0.2, 0) is 32.5 Å². The van der Waals surface area contributed by atoms with Crippen molar-refractivity contribution in [3.05, 3.63) is 106 Å². The Kier molecular flexibility index (Phi) is 8.02. The van der Waals surface area contributed by atoms with Crippen LogP contribution in [0.5, 0.6) is 0 Å². The summed E-state index contributed by atoms with van der Waals surface area (Å²) in [6, 6.07) is 18.2. The first kappa shape index (κ1) is 28.7. The van der Waals surface area contributed by atoms with Gasteiger partial charge in [0.15, 0.2) is 0 Å². The van der Waals surface area contributed by atoms with Crippen molar-refractivity contribution in [2.45, 2.75) is 36.4 Å². The van der Waals surface area contributed by atoms with Crippen LogP contribution in [0.3, 0.4) is 0 Å². The molecule has 3 aliphatic heterocycles. The van der Waals surface area contributed by atoms with E-state index in [1.165, 1.54) is 22.5 Å². The maximum Gasteiger partial charge on any atom is 0.264 e. The van der Waals surface area contributed by atoms with E-state index in [1.807, 2.05) is 29.2 Å². The van der Waals surface area contributed by atoms with E-state index in [0.717, 1.165) is 11.1 Å². The fourth-order valence-electron chi connectivity index (χ4n) is 5.82. The van der Waals surface area contributed by atoms with Crippen LogP contribution >= 0.6 is 23.2 Å². The summed E-state index contributed by atoms with van der Waals surface area (Å²) in [5, 5.41) is 3.50. The third-order valence-electron chi connectivity index (χ3n) is 8.07. The first-order chi connectivity index (χ1) is 20.2. The monoisotopic (exact) mass is 625 g/mol. The largest absolute Gasteiger partial charge is 0.373 e. The van der Waals surface area contributed by atoms with E-state index < -0.39 is 28.0 Å². The number of anilines is 1. The maximum absolute atomic E-state index is 14.0. The van der Waals surface area contributed by atoms with Crippen LogP contribution < -0.4 is 9.62 Å². The molecule has 11 heteroatoms. The molecule has 6 rings (SSSR count). The van der Waals surface area contributed by atoms with Gasteiger partial charge in [0.2, 0.25) is 5.91 Å². The molecule has 42 heavy (non-hydrogen) atoms. The van der Waals surface area contributed by atoms with Gasteiger partial charge in [-0.25, -0.2) is 8.42 Å². The molecular weight excluding hydrogens is 597 g/mol. The molecule has 0 spiro atoms. The van der Waals surface area contributed by atoms with Crippen molar-refractivity contribution in [1.82, 2.24) is 10.2 Å². The smallest absolute Gasteiger partial charge is 0.264 e. The van der Waals surface area contributed by atoms with Gasteiger partial charge in [0.05, 0.1) is 45.8 Å². The van der Waals surface area contributed by atoms with Gasteiger partial charge < -0.3 is 15.0 Å². The van der Waals surface area contributed by atoms with Crippen molar-refractivity contribution < 1.29 is 22.7 Å². The van der Waals surface area contributed by atoms with Crippen molar-refractivity contribution >= 4 is 50.7 Å². The molecule has 3 heterocycles. The first-order valence-electron chi connectivity index (χ1n) is 13.7. The molecule has 1 unspecified atom stereocenters. The minimum atomic E-state index is -4.13. The molecule has 3 atom stereocenters. The highest BCUT2D eigenvalue weighted by Gasteiger charge is 2.39. The molecule has 1 fully saturated rings. The fraction of sp³-hybridized carbons (Fsp3) is 0.290. The van der Waals surface area contributed by atoms with E-state index in [-0.39, 0.29) is 40.5 Å². The number of carbonyl (C=O) groups is 2. The normalized spacial score (nSPS) is 24.8. The number of amides is 2. The van der Waals surface area contributed by atoms with Crippen LogP contribution in [0.1, 0.15) is 27.9 Å². The van der Waals surface area contributed by atoms with E-state index in [1.54, 1.807) is 36.4 Å². The number of benzene rings is 3. The summed E-state index contributed by atoms with van der Waals surface area (Å²) in [5.74, 6) is -0.999. The molecule has 0 aromatic heterocycles. The molecule has 8 nitrogen and oxygen atoms in total. The highest BCUT2D eigenvalue weighted by Crippen LogP contribution is 2.32. The lowest BCUT2D eigenvalue weighted by molar-refractivity contribution is -0.140. The highest BCUT2D eigenvalue weighted by molar-refractivity contribution is 7.92. The maximum atomic E-state index is 14.0. The fourth-order valence-corrected chi connectivity index (χ4v) is 7.59. The number of ether oxygens (including phenoxy) is 1. The summed E-state index contributed by atoms with van der Waals surface area (Å²) in [6.07, 6.45) is 4.11. The Morgan fingerprint density at radius 3 is 2.50 bits per heavy atom. The van der Waals surface area contributed by atoms with Gasteiger partial charge in [-0.3, -0.25) is 13.9 Å². The number of carbonyl (C=O) groups excluding carboxylic acids is 2. The summed E-state index contributed by atoms with van der Waals surface area (Å²) >= 11 is 12.5. The second-order valence-corrected chi connectivity index (χ2v) is 13.3. The Bertz CT molecular complexity index is 1660. The predicted molar refractivity (Wildman–Crippen MR) is 161 cm³/mol. The lowest BCUT2D eigenvalue weighted by Gasteiger charge is -2.39. The van der Waals surface area contributed by atoms with Gasteiger partial charge in [0.25, 0.3) is 15.9 Å². The van der Waals surface area contributed by atoms with E-state index in [4.69, 9.17) is 27.9 Å². The highest BCUT2D eigenvalue weighted by atomic mass is 35.5. The Morgan fingerprint density at radius 1 is 0.952 bits per heavy atom. The predicted octanol–water partition coefficient (Wildman–Crippen LogP) is 4.85. The van der Waals surface area contributed by atoms with E-state index in [2.05, 4.69) is 5.32 Å². The van der Waals surface area contributed by atoms with Gasteiger partial charge in [-0.15, -0.1) is 0 Å². The van der Waals surface area contributed by atoms with Gasteiger partial charge in [0, 0.05) is 24.7 Å². The number of fused-ring (bicyclic) bond motifs is 5. The summed E-state index contributed by atoms with van der Waals surface area (Å²) in [5.41, 5.74) is 2.63. The molecule has 0 saturated carbocycles. The third-order valence-corrected chi connectivity index (χ3v) is 10.4. The first-order valence-corrected chi connectivity index (χ1v) is 15.9. The molecule has 3 aliphatic rings. The number of sulfonamides is 1. The number of nitrogens with zero attached hydrogens (tertiary/aromatic N) is 2. The van der Waals surface area contributed by atoms with Gasteiger partial charge in [-0.1, -0.05) is 59.6 Å². The minimum absolute atomic E-state index is 0.0331. The van der Waals surface area contributed by atoms with Crippen LogP contribution in [0.4, 0.5) is 5.69 Å². The van der Waals surface area contributed by atoms with Crippen LogP contribution in [0.2, 0.25) is 10.0 Å². The molecule has 3 aromatic carbocycles. The standard InChI is InChI=1S/C31H29Cl2N3O5S/c32-22-7-9-23(10-8-22)36-14-3-6-29-26(13-15-41-29)31(38)35-19-21-5-2-1-4-20(21)16-24(35)18-34-30(37)27-17-25(42(36,39)40)11-12-28(27)33/h1-12,17,24,26,29H,13-16,18-19H2,(H,34,37)/b6-3-/t24?,26-,29+/m1/s1. The lowest BCUT2D eigenvalue weighted by atomic mass is 9.91. The topological polar surface area (TPSA) is 96.0 Å². The lowest BCUT2D eigenvalue weighted by Crippen LogP contribution is -2.52. The molecular formula is C31H29Cl2N3O5S. The van der Waals surface area contributed by atoms with Crippen molar-refractivity contribution in [3.8, 4) is 0 Å². The summed E-state index contributed by atoms with van der Waals surface area (Å²) in [7, 11) is -4.13. The van der Waals surface area contributed by atoms with Crippen molar-refractivity contribution in [2.75, 3.05) is 24.0 Å². The molecule has 2 bridgehead atoms. The average molecular weight is 627 g/mol. The Hall–Kier alpha value is -3.37. The van der Waals surface area contributed by atoms with Gasteiger partial charge in [-0.2, -0.15) is 0 Å². The Morgan fingerprint density at radius 2 is 1.71 bits per heavy atom. The Balaban J connectivity index is 1.42. The van der Waals surface area contributed by atoms with Crippen LogP contribution in [-0.4, -0.2) is 57.0 Å². The average Bonchev–Trinajstić information content (AvgIpc) is 3.46. The molecule has 0 radical (unpaired) electrons. The molecule has 1 saturated heterocycles. The van der Waals surface area contributed by atoms with E-state index in [0.29, 0.717) is 36.7 Å². The molecule has 3 aromatic rings. The molecule has 218 valence electrons. The van der Waals surface area contributed by atoms with Crippen molar-refractivity contribution in [2.24, 2.45) is 5.92 Å². The van der Waals surface area contributed by atoms with E-state index in [9.17, 15) is 18.0 Å². The molecule has 2 amide bonds. The van der Waals surface area contributed by atoms with Gasteiger partial charge in [0.1, 0.15) is 0 Å². The van der Waals surface area contributed by atoms with Crippen LogP contribution in [0.25, 0.3) is 0 Å².